The highest BCUT2D eigenvalue weighted by molar-refractivity contribution is 9.10. The van der Waals surface area contributed by atoms with Crippen molar-refractivity contribution in [1.82, 2.24) is 0 Å². The molecule has 1 aliphatic heterocycles. The summed E-state index contributed by atoms with van der Waals surface area (Å²) in [4.78, 5) is 36.9. The summed E-state index contributed by atoms with van der Waals surface area (Å²) in [6.07, 6.45) is 0.425. The van der Waals surface area contributed by atoms with Crippen LogP contribution in [-0.4, -0.2) is 17.8 Å². The van der Waals surface area contributed by atoms with E-state index < -0.39 is 5.97 Å². The van der Waals surface area contributed by atoms with Gasteiger partial charge in [0.2, 0.25) is 11.8 Å². The van der Waals surface area contributed by atoms with E-state index in [4.69, 9.17) is 16.3 Å². The fourth-order valence-corrected chi connectivity index (χ4v) is 3.59. The molecule has 0 bridgehead atoms. The molecule has 2 aromatic carbocycles. The number of carbonyl (C=O) groups is 3. The first-order valence-electron chi connectivity index (χ1n) is 7.50. The Labute approximate surface area is 157 Å². The molecule has 7 heteroatoms. The van der Waals surface area contributed by atoms with Gasteiger partial charge in [-0.3, -0.25) is 14.5 Å². The number of hydrogen-bond acceptors (Lipinski definition) is 4. The van der Waals surface area contributed by atoms with Crippen LogP contribution in [-0.2, 0) is 9.59 Å². The first-order chi connectivity index (χ1) is 11.9. The lowest BCUT2D eigenvalue weighted by Crippen LogP contribution is -2.28. The lowest BCUT2D eigenvalue weighted by atomic mass is 10.2. The van der Waals surface area contributed by atoms with Crippen molar-refractivity contribution in [3.63, 3.8) is 0 Å². The van der Waals surface area contributed by atoms with Crippen LogP contribution in [0.15, 0.2) is 40.9 Å². The maximum Gasteiger partial charge on any atom is 0.343 e. The minimum absolute atomic E-state index is 0.212. The number of nitrogens with zero attached hydrogens (tertiary/aromatic N) is 1. The molecule has 1 aliphatic rings. The highest BCUT2D eigenvalue weighted by Crippen LogP contribution is 2.32. The molecule has 0 atom stereocenters. The molecule has 1 saturated heterocycles. The number of carbonyl (C=O) groups excluding carboxylic acids is 3. The van der Waals surface area contributed by atoms with E-state index in [2.05, 4.69) is 15.9 Å². The monoisotopic (exact) mass is 421 g/mol. The zero-order chi connectivity index (χ0) is 18.1. The summed E-state index contributed by atoms with van der Waals surface area (Å²) in [5.74, 6) is -0.753. The molecular weight excluding hydrogens is 410 g/mol. The largest absolute Gasteiger partial charge is 0.421 e. The Hall–Kier alpha value is -2.18. The van der Waals surface area contributed by atoms with Crippen molar-refractivity contribution >= 4 is 51.0 Å². The van der Waals surface area contributed by atoms with Crippen molar-refractivity contribution in [2.24, 2.45) is 0 Å². The predicted octanol–water partition coefficient (Wildman–Crippen LogP) is 4.28. The van der Waals surface area contributed by atoms with Crippen molar-refractivity contribution in [2.75, 3.05) is 4.90 Å². The van der Waals surface area contributed by atoms with Crippen LogP contribution in [0.2, 0.25) is 5.02 Å². The van der Waals surface area contributed by atoms with Gasteiger partial charge in [-0.15, -0.1) is 0 Å². The van der Waals surface area contributed by atoms with Crippen LogP contribution < -0.4 is 9.64 Å². The first-order valence-corrected chi connectivity index (χ1v) is 8.67. The van der Waals surface area contributed by atoms with Gasteiger partial charge in [-0.25, -0.2) is 4.79 Å². The highest BCUT2D eigenvalue weighted by atomic mass is 79.9. The van der Waals surface area contributed by atoms with Gasteiger partial charge in [-0.05, 0) is 48.9 Å². The van der Waals surface area contributed by atoms with Crippen LogP contribution in [0.4, 0.5) is 5.69 Å². The van der Waals surface area contributed by atoms with E-state index in [-0.39, 0.29) is 24.7 Å². The fraction of sp³-hybridized carbons (Fsp3) is 0.167. The van der Waals surface area contributed by atoms with E-state index in [1.54, 1.807) is 31.2 Å². The quantitative estimate of drug-likeness (QED) is 0.421. The number of halogens is 2. The second-order valence-electron chi connectivity index (χ2n) is 5.59. The molecule has 2 aromatic rings. The van der Waals surface area contributed by atoms with E-state index in [0.29, 0.717) is 22.0 Å². The van der Waals surface area contributed by atoms with Crippen molar-refractivity contribution in [3.8, 4) is 5.75 Å². The highest BCUT2D eigenvalue weighted by Gasteiger charge is 2.30. The van der Waals surface area contributed by atoms with Gasteiger partial charge in [0.05, 0.1) is 16.3 Å². The molecule has 0 aromatic heterocycles. The molecule has 1 fully saturated rings. The summed E-state index contributed by atoms with van der Waals surface area (Å²) in [6.45, 7) is 1.78. The molecule has 0 N–H and O–H groups in total. The molecule has 2 amide bonds. The molecule has 0 radical (unpaired) electrons. The smallest absolute Gasteiger partial charge is 0.343 e. The third-order valence-corrected chi connectivity index (χ3v) is 4.54. The Kier molecular flexibility index (Phi) is 4.92. The number of hydrogen-bond donors (Lipinski definition) is 0. The van der Waals surface area contributed by atoms with Crippen molar-refractivity contribution in [1.29, 1.82) is 0 Å². The Balaban J connectivity index is 1.80. The standard InChI is InChI=1S/C18H13BrClNO4/c1-10-8-12(19)9-14(20)17(10)25-18(24)11-2-4-13(5-3-11)21-15(22)6-7-16(21)23/h2-5,8-9H,6-7H2,1H3. The van der Waals surface area contributed by atoms with Gasteiger partial charge in [0.1, 0.15) is 0 Å². The molecule has 5 nitrogen and oxygen atoms in total. The SMILES string of the molecule is Cc1cc(Br)cc(Cl)c1OC(=O)c1ccc(N2C(=O)CCC2=O)cc1. The second kappa shape index (κ2) is 6.98. The van der Waals surface area contributed by atoms with Gasteiger partial charge in [-0.2, -0.15) is 0 Å². The summed E-state index contributed by atoms with van der Waals surface area (Å²) in [6, 6.07) is 9.56. The number of ether oxygens (including phenoxy) is 1. The van der Waals surface area contributed by atoms with Crippen LogP contribution in [0.1, 0.15) is 28.8 Å². The van der Waals surface area contributed by atoms with Gasteiger partial charge >= 0.3 is 5.97 Å². The van der Waals surface area contributed by atoms with E-state index in [0.717, 1.165) is 14.9 Å². The Morgan fingerprint density at radius 3 is 2.28 bits per heavy atom. The molecule has 1 heterocycles. The molecule has 3 rings (SSSR count). The summed E-state index contributed by atoms with van der Waals surface area (Å²) < 4.78 is 6.18. The number of rotatable bonds is 3. The zero-order valence-electron chi connectivity index (χ0n) is 13.2. The normalized spacial score (nSPS) is 14.1. The molecular formula is C18H13BrClNO4. The van der Waals surface area contributed by atoms with Crippen LogP contribution in [0.3, 0.4) is 0 Å². The predicted molar refractivity (Wildman–Crippen MR) is 97.0 cm³/mol. The molecule has 0 spiro atoms. The molecule has 0 aliphatic carbocycles. The Bertz CT molecular complexity index is 840. The number of imide groups is 1. The molecule has 25 heavy (non-hydrogen) atoms. The Morgan fingerprint density at radius 2 is 1.72 bits per heavy atom. The average Bonchev–Trinajstić information content (AvgIpc) is 2.89. The molecule has 0 unspecified atom stereocenters. The lowest BCUT2D eigenvalue weighted by Gasteiger charge is -2.14. The van der Waals surface area contributed by atoms with Gasteiger partial charge in [0.15, 0.2) is 5.75 Å². The van der Waals surface area contributed by atoms with Crippen LogP contribution >= 0.6 is 27.5 Å². The van der Waals surface area contributed by atoms with Crippen molar-refractivity contribution in [2.45, 2.75) is 19.8 Å². The minimum Gasteiger partial charge on any atom is -0.421 e. The number of aryl methyl sites for hydroxylation is 1. The first kappa shape index (κ1) is 17.6. The van der Waals surface area contributed by atoms with E-state index in [1.807, 2.05) is 0 Å². The molecule has 128 valence electrons. The van der Waals surface area contributed by atoms with Crippen LogP contribution in [0.25, 0.3) is 0 Å². The summed E-state index contributed by atoms with van der Waals surface area (Å²) >= 11 is 9.44. The van der Waals surface area contributed by atoms with Gasteiger partial charge in [0, 0.05) is 17.3 Å². The second-order valence-corrected chi connectivity index (χ2v) is 6.92. The van der Waals surface area contributed by atoms with E-state index in [1.165, 1.54) is 12.1 Å². The molecule has 0 saturated carbocycles. The van der Waals surface area contributed by atoms with E-state index in [9.17, 15) is 14.4 Å². The summed E-state index contributed by atoms with van der Waals surface area (Å²) in [7, 11) is 0. The third kappa shape index (κ3) is 3.60. The van der Waals surface area contributed by atoms with E-state index >= 15 is 0 Å². The van der Waals surface area contributed by atoms with Crippen molar-refractivity contribution < 1.29 is 19.1 Å². The number of esters is 1. The average molecular weight is 423 g/mol. The topological polar surface area (TPSA) is 63.7 Å². The van der Waals surface area contributed by atoms with Gasteiger partial charge < -0.3 is 4.74 Å². The fourth-order valence-electron chi connectivity index (χ4n) is 2.58. The zero-order valence-corrected chi connectivity index (χ0v) is 15.6. The summed E-state index contributed by atoms with van der Waals surface area (Å²) in [5.41, 5.74) is 1.46. The van der Waals surface area contributed by atoms with Crippen LogP contribution in [0.5, 0.6) is 5.75 Å². The van der Waals surface area contributed by atoms with Gasteiger partial charge in [-0.1, -0.05) is 27.5 Å². The maximum atomic E-state index is 12.3. The maximum absolute atomic E-state index is 12.3. The van der Waals surface area contributed by atoms with Crippen molar-refractivity contribution in [3.05, 3.63) is 57.0 Å². The third-order valence-electron chi connectivity index (χ3n) is 3.80. The van der Waals surface area contributed by atoms with Crippen LogP contribution in [0, 0.1) is 6.92 Å². The summed E-state index contributed by atoms with van der Waals surface area (Å²) in [5, 5.41) is 0.324. The Morgan fingerprint density at radius 1 is 1.12 bits per heavy atom. The lowest BCUT2D eigenvalue weighted by molar-refractivity contribution is -0.121. The number of benzene rings is 2. The minimum atomic E-state index is -0.571. The number of amides is 2. The van der Waals surface area contributed by atoms with Gasteiger partial charge in [0.25, 0.3) is 0 Å². The number of anilines is 1.